The second-order valence-corrected chi connectivity index (χ2v) is 2.15. The summed E-state index contributed by atoms with van der Waals surface area (Å²) in [5, 5.41) is 18.8. The summed E-state index contributed by atoms with van der Waals surface area (Å²) in [5.74, 6) is -0.266. The molecule has 6 nitrogen and oxygen atoms in total. The van der Waals surface area contributed by atoms with Gasteiger partial charge in [-0.25, -0.2) is 0 Å². The smallest absolute Gasteiger partial charge is 0.406 e. The van der Waals surface area contributed by atoms with Crippen molar-refractivity contribution in [2.45, 2.75) is 0 Å². The first-order chi connectivity index (χ1) is 6.25. The molecule has 0 aliphatic carbocycles. The highest BCUT2D eigenvalue weighted by Crippen LogP contribution is 2.22. The van der Waals surface area contributed by atoms with E-state index in [0.717, 1.165) is 0 Å². The van der Waals surface area contributed by atoms with Crippen LogP contribution < -0.4 is 4.74 Å². The Morgan fingerprint density at radius 3 is 3.08 bits per heavy atom. The van der Waals surface area contributed by atoms with Crippen LogP contribution in [0.2, 0.25) is 0 Å². The van der Waals surface area contributed by atoms with Crippen molar-refractivity contribution in [3.63, 3.8) is 0 Å². The summed E-state index contributed by atoms with van der Waals surface area (Å²) in [6.07, 6.45) is 1.31. The van der Waals surface area contributed by atoms with Crippen molar-refractivity contribution in [3.05, 3.63) is 28.4 Å². The SMILES string of the molecule is O=[N+]([O-])c1ncccc1OCCO. The van der Waals surface area contributed by atoms with E-state index in [9.17, 15) is 10.1 Å². The molecule has 1 aromatic rings. The fourth-order valence-electron chi connectivity index (χ4n) is 0.788. The zero-order valence-corrected chi connectivity index (χ0v) is 6.71. The fourth-order valence-corrected chi connectivity index (χ4v) is 0.788. The second kappa shape index (κ2) is 4.36. The lowest BCUT2D eigenvalue weighted by atomic mass is 10.4. The number of nitro groups is 1. The molecule has 0 aliphatic heterocycles. The lowest BCUT2D eigenvalue weighted by Gasteiger charge is -2.02. The highest BCUT2D eigenvalue weighted by atomic mass is 16.6. The number of pyridine rings is 1. The Bertz CT molecular complexity index is 302. The number of hydrogen-bond acceptors (Lipinski definition) is 5. The van der Waals surface area contributed by atoms with Crippen LogP contribution in [0.4, 0.5) is 5.82 Å². The minimum Gasteiger partial charge on any atom is -0.483 e. The van der Waals surface area contributed by atoms with Crippen molar-refractivity contribution in [2.75, 3.05) is 13.2 Å². The molecule has 6 heteroatoms. The molecule has 0 atom stereocenters. The Kier molecular flexibility index (Phi) is 3.15. The zero-order chi connectivity index (χ0) is 9.68. The Morgan fingerprint density at radius 1 is 1.69 bits per heavy atom. The van der Waals surface area contributed by atoms with Crippen LogP contribution in [0.1, 0.15) is 0 Å². The van der Waals surface area contributed by atoms with Crippen LogP contribution >= 0.6 is 0 Å². The van der Waals surface area contributed by atoms with Gasteiger partial charge in [-0.1, -0.05) is 0 Å². The second-order valence-electron chi connectivity index (χ2n) is 2.15. The third-order valence-corrected chi connectivity index (χ3v) is 1.27. The first kappa shape index (κ1) is 9.40. The van der Waals surface area contributed by atoms with Gasteiger partial charge in [0.05, 0.1) is 6.61 Å². The summed E-state index contributed by atoms with van der Waals surface area (Å²) < 4.78 is 4.89. The van der Waals surface area contributed by atoms with Crippen LogP contribution in [0.25, 0.3) is 0 Å². The Balaban J connectivity index is 2.84. The van der Waals surface area contributed by atoms with Gasteiger partial charge in [0.15, 0.2) is 0 Å². The molecule has 0 aliphatic rings. The van der Waals surface area contributed by atoms with Crippen LogP contribution in [0.5, 0.6) is 5.75 Å². The molecule has 0 unspecified atom stereocenters. The zero-order valence-electron chi connectivity index (χ0n) is 6.71. The first-order valence-corrected chi connectivity index (χ1v) is 3.58. The van der Waals surface area contributed by atoms with Crippen molar-refractivity contribution in [3.8, 4) is 5.75 Å². The van der Waals surface area contributed by atoms with Crippen molar-refractivity contribution in [1.82, 2.24) is 4.98 Å². The topological polar surface area (TPSA) is 85.5 Å². The molecule has 1 N–H and O–H groups in total. The van der Waals surface area contributed by atoms with E-state index in [1.165, 1.54) is 18.3 Å². The number of ether oxygens (including phenoxy) is 1. The Morgan fingerprint density at radius 2 is 2.46 bits per heavy atom. The van der Waals surface area contributed by atoms with E-state index >= 15 is 0 Å². The molecular formula is C7H8N2O4. The molecule has 0 radical (unpaired) electrons. The normalized spacial score (nSPS) is 9.62. The minimum atomic E-state index is -0.632. The van der Waals surface area contributed by atoms with Crippen LogP contribution in [0.3, 0.4) is 0 Å². The number of aromatic nitrogens is 1. The van der Waals surface area contributed by atoms with Gasteiger partial charge >= 0.3 is 5.82 Å². The number of rotatable bonds is 4. The summed E-state index contributed by atoms with van der Waals surface area (Å²) in [6, 6.07) is 2.96. The highest BCUT2D eigenvalue weighted by Gasteiger charge is 2.14. The fraction of sp³-hybridized carbons (Fsp3) is 0.286. The van der Waals surface area contributed by atoms with Crippen LogP contribution in [-0.4, -0.2) is 28.2 Å². The summed E-state index contributed by atoms with van der Waals surface area (Å²) in [6.45, 7) is -0.168. The molecule has 0 saturated carbocycles. The summed E-state index contributed by atoms with van der Waals surface area (Å²) in [7, 11) is 0. The van der Waals surface area contributed by atoms with Gasteiger partial charge in [-0.3, -0.25) is 0 Å². The average molecular weight is 184 g/mol. The van der Waals surface area contributed by atoms with E-state index in [2.05, 4.69) is 4.98 Å². The van der Waals surface area contributed by atoms with Crippen molar-refractivity contribution in [2.24, 2.45) is 0 Å². The van der Waals surface area contributed by atoms with Crippen molar-refractivity contribution in [1.29, 1.82) is 0 Å². The summed E-state index contributed by atoms with van der Waals surface area (Å²) in [4.78, 5) is 13.3. The van der Waals surface area contributed by atoms with Gasteiger partial charge in [-0.05, 0) is 22.0 Å². The summed E-state index contributed by atoms with van der Waals surface area (Å²) >= 11 is 0. The quantitative estimate of drug-likeness (QED) is 0.539. The van der Waals surface area contributed by atoms with Gasteiger partial charge < -0.3 is 20.0 Å². The maximum atomic E-state index is 10.4. The van der Waals surface area contributed by atoms with Gasteiger partial charge in [0.2, 0.25) is 5.75 Å². The maximum Gasteiger partial charge on any atom is 0.406 e. The highest BCUT2D eigenvalue weighted by molar-refractivity contribution is 5.38. The molecular weight excluding hydrogens is 176 g/mol. The molecule has 13 heavy (non-hydrogen) atoms. The lowest BCUT2D eigenvalue weighted by Crippen LogP contribution is -2.04. The van der Waals surface area contributed by atoms with E-state index in [1.54, 1.807) is 0 Å². The minimum absolute atomic E-state index is 0.0204. The number of aliphatic hydroxyl groups is 1. The standard InChI is InChI=1S/C7H8N2O4/c10-4-5-13-6-2-1-3-8-7(6)9(11)12/h1-3,10H,4-5H2. The number of aliphatic hydroxyl groups excluding tert-OH is 1. The van der Waals surface area contributed by atoms with Gasteiger partial charge in [0.1, 0.15) is 12.8 Å². The molecule has 1 heterocycles. The molecule has 0 saturated heterocycles. The third kappa shape index (κ3) is 2.38. The lowest BCUT2D eigenvalue weighted by molar-refractivity contribution is -0.390. The van der Waals surface area contributed by atoms with Crippen molar-refractivity contribution >= 4 is 5.82 Å². The predicted octanol–water partition coefficient (Wildman–Crippen LogP) is 0.361. The Hall–Kier alpha value is -1.69. The molecule has 70 valence electrons. The van der Waals surface area contributed by atoms with E-state index in [4.69, 9.17) is 9.84 Å². The number of nitrogens with zero attached hydrogens (tertiary/aromatic N) is 2. The van der Waals surface area contributed by atoms with E-state index in [0.29, 0.717) is 0 Å². The predicted molar refractivity (Wildman–Crippen MR) is 43.5 cm³/mol. The number of hydrogen-bond donors (Lipinski definition) is 1. The molecule has 0 bridgehead atoms. The van der Waals surface area contributed by atoms with Gasteiger partial charge in [-0.2, -0.15) is 0 Å². The van der Waals surface area contributed by atoms with Gasteiger partial charge in [0.25, 0.3) is 0 Å². The van der Waals surface area contributed by atoms with Crippen LogP contribution in [0, 0.1) is 10.1 Å². The van der Waals surface area contributed by atoms with E-state index < -0.39 is 4.92 Å². The van der Waals surface area contributed by atoms with E-state index in [-0.39, 0.29) is 24.8 Å². The van der Waals surface area contributed by atoms with Crippen LogP contribution in [-0.2, 0) is 0 Å². The third-order valence-electron chi connectivity index (χ3n) is 1.27. The van der Waals surface area contributed by atoms with Crippen molar-refractivity contribution < 1.29 is 14.8 Å². The molecule has 0 aromatic carbocycles. The maximum absolute atomic E-state index is 10.4. The van der Waals surface area contributed by atoms with E-state index in [1.807, 2.05) is 0 Å². The summed E-state index contributed by atoms with van der Waals surface area (Å²) in [5.41, 5.74) is 0. The average Bonchev–Trinajstić information content (AvgIpc) is 2.15. The molecule has 1 rings (SSSR count). The molecule has 1 aromatic heterocycles. The molecule has 0 amide bonds. The van der Waals surface area contributed by atoms with Crippen LogP contribution in [0.15, 0.2) is 18.3 Å². The monoisotopic (exact) mass is 184 g/mol. The van der Waals surface area contributed by atoms with Gasteiger partial charge in [-0.15, -0.1) is 0 Å². The largest absolute Gasteiger partial charge is 0.483 e. The molecule has 0 spiro atoms. The first-order valence-electron chi connectivity index (χ1n) is 3.58. The molecule has 0 fully saturated rings. The van der Waals surface area contributed by atoms with Gasteiger partial charge in [0, 0.05) is 0 Å². The Labute approximate surface area is 73.9 Å².